The van der Waals surface area contributed by atoms with Gasteiger partial charge in [0.15, 0.2) is 5.65 Å². The minimum absolute atomic E-state index is 0.0414. The summed E-state index contributed by atoms with van der Waals surface area (Å²) in [5.74, 6) is 0.472. The maximum absolute atomic E-state index is 13.5. The molecule has 1 amide bonds. The molecule has 1 unspecified atom stereocenters. The molecule has 0 bridgehead atoms. The van der Waals surface area contributed by atoms with Gasteiger partial charge in [0.25, 0.3) is 5.91 Å². The van der Waals surface area contributed by atoms with Crippen LogP contribution in [-0.2, 0) is 0 Å². The molecule has 3 heterocycles. The zero-order valence-electron chi connectivity index (χ0n) is 18.3. The van der Waals surface area contributed by atoms with Crippen LogP contribution < -0.4 is 5.32 Å². The monoisotopic (exact) mass is 402 g/mol. The Morgan fingerprint density at radius 3 is 2.80 bits per heavy atom. The van der Waals surface area contributed by atoms with Crippen molar-refractivity contribution in [3.8, 4) is 0 Å². The van der Waals surface area contributed by atoms with Gasteiger partial charge in [-0.1, -0.05) is 26.0 Å². The normalized spacial score (nSPS) is 16.8. The first kappa shape index (κ1) is 20.3. The van der Waals surface area contributed by atoms with Gasteiger partial charge in [-0.25, -0.2) is 9.97 Å². The van der Waals surface area contributed by atoms with Crippen molar-refractivity contribution in [1.82, 2.24) is 14.9 Å². The van der Waals surface area contributed by atoms with Gasteiger partial charge in [-0.2, -0.15) is 0 Å². The summed E-state index contributed by atoms with van der Waals surface area (Å²) in [5, 5.41) is 4.40. The molecular weight excluding hydrogens is 372 g/mol. The number of rotatable bonds is 4. The maximum Gasteiger partial charge on any atom is 0.257 e. The molecule has 1 aliphatic heterocycles. The van der Waals surface area contributed by atoms with E-state index in [9.17, 15) is 4.79 Å². The molecule has 5 nitrogen and oxygen atoms in total. The van der Waals surface area contributed by atoms with Crippen molar-refractivity contribution in [1.29, 1.82) is 0 Å². The molecule has 0 aliphatic carbocycles. The molecule has 5 heteroatoms. The Morgan fingerprint density at radius 1 is 1.20 bits per heavy atom. The molecule has 156 valence electrons. The van der Waals surface area contributed by atoms with E-state index in [0.29, 0.717) is 17.1 Å². The number of likely N-dealkylation sites (tertiary alicyclic amines) is 1. The second-order valence-electron chi connectivity index (χ2n) is 8.62. The third-order valence-corrected chi connectivity index (χ3v) is 5.99. The molecule has 0 saturated carbocycles. The van der Waals surface area contributed by atoms with Crippen molar-refractivity contribution in [2.75, 3.05) is 11.9 Å². The molecule has 30 heavy (non-hydrogen) atoms. The highest BCUT2D eigenvalue weighted by Gasteiger charge is 2.27. The van der Waals surface area contributed by atoms with Crippen molar-refractivity contribution < 1.29 is 4.79 Å². The predicted octanol–water partition coefficient (Wildman–Crippen LogP) is 5.82. The van der Waals surface area contributed by atoms with Crippen LogP contribution in [0.25, 0.3) is 11.0 Å². The summed E-state index contributed by atoms with van der Waals surface area (Å²) in [7, 11) is 0. The van der Waals surface area contributed by atoms with Gasteiger partial charge in [-0.3, -0.25) is 4.79 Å². The Labute approximate surface area is 178 Å². The molecule has 1 fully saturated rings. The van der Waals surface area contributed by atoms with E-state index in [2.05, 4.69) is 54.3 Å². The number of nitrogens with one attached hydrogen (secondary N) is 1. The zero-order chi connectivity index (χ0) is 21.3. The molecule has 0 spiro atoms. The van der Waals surface area contributed by atoms with Gasteiger partial charge < -0.3 is 10.2 Å². The van der Waals surface area contributed by atoms with Crippen molar-refractivity contribution in [3.05, 3.63) is 59.4 Å². The number of pyridine rings is 2. The number of hydrogen-bond donors (Lipinski definition) is 1. The molecule has 1 aromatic carbocycles. The summed E-state index contributed by atoms with van der Waals surface area (Å²) in [4.78, 5) is 24.6. The third kappa shape index (κ3) is 4.02. The Kier molecular flexibility index (Phi) is 5.71. The number of hydrogen-bond acceptors (Lipinski definition) is 4. The fourth-order valence-corrected chi connectivity index (χ4v) is 4.14. The summed E-state index contributed by atoms with van der Waals surface area (Å²) in [6.07, 6.45) is 4.97. The first-order valence-corrected chi connectivity index (χ1v) is 10.9. The second-order valence-corrected chi connectivity index (χ2v) is 8.62. The lowest BCUT2D eigenvalue weighted by Gasteiger charge is -2.34. The average Bonchev–Trinajstić information content (AvgIpc) is 2.74. The van der Waals surface area contributed by atoms with Gasteiger partial charge >= 0.3 is 0 Å². The largest absolute Gasteiger partial charge is 0.354 e. The van der Waals surface area contributed by atoms with Crippen LogP contribution >= 0.6 is 0 Å². The standard InChI is InChI=1S/C25H30N4O/c1-16(2)19-9-7-10-20(14-19)28-23-21-12-11-17(3)27-24(21)26-15-22(23)25(30)29-13-6-5-8-18(29)4/h7,9-12,14-16,18H,5-6,8,13H2,1-4H3,(H,26,27,28). The summed E-state index contributed by atoms with van der Waals surface area (Å²) < 4.78 is 0. The molecule has 0 radical (unpaired) electrons. The van der Waals surface area contributed by atoms with Crippen molar-refractivity contribution >= 4 is 28.3 Å². The van der Waals surface area contributed by atoms with E-state index in [1.165, 1.54) is 12.0 Å². The lowest BCUT2D eigenvalue weighted by atomic mass is 10.0. The van der Waals surface area contributed by atoms with Crippen LogP contribution in [0.1, 0.15) is 67.6 Å². The number of carbonyl (C=O) groups excluding carboxylic acids is 1. The van der Waals surface area contributed by atoms with Crippen LogP contribution in [0.4, 0.5) is 11.4 Å². The predicted molar refractivity (Wildman–Crippen MR) is 122 cm³/mol. The summed E-state index contributed by atoms with van der Waals surface area (Å²) in [6.45, 7) is 9.25. The van der Waals surface area contributed by atoms with E-state index >= 15 is 0 Å². The smallest absolute Gasteiger partial charge is 0.257 e. The molecule has 4 rings (SSSR count). The molecular formula is C25H30N4O. The highest BCUT2D eigenvalue weighted by Crippen LogP contribution is 2.32. The number of fused-ring (bicyclic) bond motifs is 1. The van der Waals surface area contributed by atoms with Crippen LogP contribution in [0.2, 0.25) is 0 Å². The van der Waals surface area contributed by atoms with Crippen LogP contribution in [0, 0.1) is 6.92 Å². The number of benzene rings is 1. The average molecular weight is 403 g/mol. The number of carbonyl (C=O) groups is 1. The fourth-order valence-electron chi connectivity index (χ4n) is 4.14. The van der Waals surface area contributed by atoms with Gasteiger partial charge in [-0.15, -0.1) is 0 Å². The molecule has 1 atom stereocenters. The fraction of sp³-hybridized carbons (Fsp3) is 0.400. The lowest BCUT2D eigenvalue weighted by Crippen LogP contribution is -2.42. The quantitative estimate of drug-likeness (QED) is 0.597. The number of aryl methyl sites for hydroxylation is 1. The van der Waals surface area contributed by atoms with Crippen LogP contribution in [0.15, 0.2) is 42.6 Å². The van der Waals surface area contributed by atoms with E-state index in [1.54, 1.807) is 6.20 Å². The minimum atomic E-state index is 0.0414. The van der Waals surface area contributed by atoms with Gasteiger partial charge in [0.1, 0.15) is 0 Å². The first-order chi connectivity index (χ1) is 14.4. The van der Waals surface area contributed by atoms with E-state index in [0.717, 1.165) is 41.8 Å². The summed E-state index contributed by atoms with van der Waals surface area (Å²) in [6, 6.07) is 12.6. The topological polar surface area (TPSA) is 58.1 Å². The van der Waals surface area contributed by atoms with E-state index in [-0.39, 0.29) is 11.9 Å². The number of aromatic nitrogens is 2. The number of nitrogens with zero attached hydrogens (tertiary/aromatic N) is 3. The number of anilines is 2. The van der Waals surface area contributed by atoms with Crippen molar-refractivity contribution in [3.63, 3.8) is 0 Å². The van der Waals surface area contributed by atoms with Gasteiger partial charge in [0.05, 0.1) is 11.3 Å². The van der Waals surface area contributed by atoms with E-state index in [4.69, 9.17) is 0 Å². The number of piperidine rings is 1. The minimum Gasteiger partial charge on any atom is -0.354 e. The van der Waals surface area contributed by atoms with Gasteiger partial charge in [0.2, 0.25) is 0 Å². The molecule has 1 aliphatic rings. The van der Waals surface area contributed by atoms with Gasteiger partial charge in [0, 0.05) is 35.6 Å². The van der Waals surface area contributed by atoms with Gasteiger partial charge in [-0.05, 0) is 68.9 Å². The van der Waals surface area contributed by atoms with Crippen LogP contribution in [0.3, 0.4) is 0 Å². The van der Waals surface area contributed by atoms with E-state index < -0.39 is 0 Å². The lowest BCUT2D eigenvalue weighted by molar-refractivity contribution is 0.0636. The SMILES string of the molecule is Cc1ccc2c(Nc3cccc(C(C)C)c3)c(C(=O)N3CCCCC3C)cnc2n1. The van der Waals surface area contributed by atoms with Crippen LogP contribution in [-0.4, -0.2) is 33.4 Å². The maximum atomic E-state index is 13.5. The summed E-state index contributed by atoms with van der Waals surface area (Å²) in [5.41, 5.74) is 5.18. The Hall–Kier alpha value is -2.95. The van der Waals surface area contributed by atoms with E-state index in [1.807, 2.05) is 30.0 Å². The highest BCUT2D eigenvalue weighted by atomic mass is 16.2. The van der Waals surface area contributed by atoms with Crippen LogP contribution in [0.5, 0.6) is 0 Å². The Morgan fingerprint density at radius 2 is 2.03 bits per heavy atom. The summed E-state index contributed by atoms with van der Waals surface area (Å²) >= 11 is 0. The highest BCUT2D eigenvalue weighted by molar-refractivity contribution is 6.07. The van der Waals surface area contributed by atoms with Crippen molar-refractivity contribution in [2.24, 2.45) is 0 Å². The second kappa shape index (κ2) is 8.42. The Balaban J connectivity index is 1.81. The first-order valence-electron chi connectivity index (χ1n) is 10.9. The molecule has 1 saturated heterocycles. The molecule has 2 aromatic heterocycles. The van der Waals surface area contributed by atoms with Crippen molar-refractivity contribution in [2.45, 2.75) is 58.9 Å². The Bertz CT molecular complexity index is 1080. The zero-order valence-corrected chi connectivity index (χ0v) is 18.3. The third-order valence-electron chi connectivity index (χ3n) is 5.99. The molecule has 3 aromatic rings. The number of amides is 1. The molecule has 1 N–H and O–H groups in total.